The molecule has 3 heterocycles. The molecule has 6 rings (SSSR count). The third kappa shape index (κ3) is 5.33. The van der Waals surface area contributed by atoms with Crippen LogP contribution in [0.2, 0.25) is 5.02 Å². The van der Waals surface area contributed by atoms with E-state index < -0.39 is 39.7 Å². The molecule has 1 fully saturated rings. The Morgan fingerprint density at radius 3 is 2.43 bits per heavy atom. The van der Waals surface area contributed by atoms with Crippen molar-refractivity contribution in [3.63, 3.8) is 0 Å². The van der Waals surface area contributed by atoms with Gasteiger partial charge in [0.05, 0.1) is 30.3 Å². The number of aromatic hydroxyl groups is 1. The van der Waals surface area contributed by atoms with E-state index in [4.69, 9.17) is 21.1 Å². The number of aromatic nitrogens is 1. The first kappa shape index (κ1) is 29.8. The molecule has 3 amide bonds. The maximum absolute atomic E-state index is 14.0. The van der Waals surface area contributed by atoms with Crippen LogP contribution in [0.4, 0.5) is 11.4 Å². The Kier molecular flexibility index (Phi) is 8.14. The van der Waals surface area contributed by atoms with E-state index in [0.29, 0.717) is 44.2 Å². The first-order valence-corrected chi connectivity index (χ1v) is 15.7. The van der Waals surface area contributed by atoms with Crippen molar-refractivity contribution in [2.24, 2.45) is 5.92 Å². The maximum Gasteiger partial charge on any atom is 0.308 e. The zero-order valence-corrected chi connectivity index (χ0v) is 25.9. The van der Waals surface area contributed by atoms with E-state index in [1.165, 1.54) is 10.6 Å². The second-order valence-corrected chi connectivity index (χ2v) is 12.7. The second-order valence-electron chi connectivity index (χ2n) is 10.1. The Labute approximate surface area is 265 Å². The van der Waals surface area contributed by atoms with Crippen LogP contribution in [0, 0.1) is 5.92 Å². The lowest BCUT2D eigenvalue weighted by atomic mass is 9.83. The van der Waals surface area contributed by atoms with Crippen molar-refractivity contribution < 1.29 is 29.0 Å². The number of amides is 3. The average molecular weight is 652 g/mol. The highest BCUT2D eigenvalue weighted by Crippen LogP contribution is 2.54. The highest BCUT2D eigenvalue weighted by Gasteiger charge is 2.57. The molecular weight excluding hydrogens is 626 g/mol. The number of carbonyl (C=O) groups excluding carboxylic acids is 3. The van der Waals surface area contributed by atoms with E-state index in [9.17, 15) is 24.3 Å². The summed E-state index contributed by atoms with van der Waals surface area (Å²) in [6.07, 6.45) is 0. The number of carbonyl (C=O) groups is 3. The molecule has 0 bridgehead atoms. The molecule has 13 heteroatoms. The van der Waals surface area contributed by atoms with Crippen LogP contribution in [0.15, 0.2) is 76.6 Å². The number of thioether (sulfide) groups is 1. The normalized spacial score (nSPS) is 19.0. The van der Waals surface area contributed by atoms with Gasteiger partial charge in [0.1, 0.15) is 17.5 Å². The van der Waals surface area contributed by atoms with Gasteiger partial charge in [0, 0.05) is 21.5 Å². The molecule has 1 saturated heterocycles. The highest BCUT2D eigenvalue weighted by molar-refractivity contribution is 8.00. The summed E-state index contributed by atoms with van der Waals surface area (Å²) < 4.78 is 12.1. The molecule has 2 N–H and O–H groups in total. The Balaban J connectivity index is 1.41. The SMILES string of the molecule is CCOc1cc(C2c3sc(=O)n(CC(=O)Nc4ccc(OC)cc4)c3SC3C(=O)N(c4ccc(Cl)cc4)C(=O)C32)ccc1O. The third-order valence-electron chi connectivity index (χ3n) is 7.45. The van der Waals surface area contributed by atoms with Crippen molar-refractivity contribution >= 4 is 63.8 Å². The van der Waals surface area contributed by atoms with Crippen LogP contribution in [-0.4, -0.2) is 46.4 Å². The summed E-state index contributed by atoms with van der Waals surface area (Å²) >= 11 is 8.11. The molecule has 10 nitrogen and oxygen atoms in total. The predicted octanol–water partition coefficient (Wildman–Crippen LogP) is 5.11. The van der Waals surface area contributed by atoms with Gasteiger partial charge in [0.2, 0.25) is 17.7 Å². The Bertz CT molecular complexity index is 1820. The third-order valence-corrected chi connectivity index (χ3v) is 10.3. The maximum atomic E-state index is 14.0. The number of anilines is 2. The van der Waals surface area contributed by atoms with Crippen LogP contribution >= 0.6 is 34.7 Å². The number of rotatable bonds is 8. The molecule has 3 atom stereocenters. The second kappa shape index (κ2) is 12.0. The standard InChI is InChI=1S/C31H26ClN3O7S2/c1-3-42-22-14-16(4-13-21(22)36)24-25-26(29(39)35(28(25)38)19-9-5-17(32)6-10-19)43-30-27(24)44-31(40)34(30)15-23(37)33-18-7-11-20(41-2)12-8-18/h4-14,24-26,36H,3,15H2,1-2H3,(H,33,37). The highest BCUT2D eigenvalue weighted by atomic mass is 35.5. The van der Waals surface area contributed by atoms with Gasteiger partial charge in [-0.2, -0.15) is 0 Å². The van der Waals surface area contributed by atoms with Crippen molar-refractivity contribution in [2.45, 2.75) is 29.7 Å². The number of imide groups is 1. The minimum absolute atomic E-state index is 0.0739. The zero-order chi connectivity index (χ0) is 31.1. The van der Waals surface area contributed by atoms with Crippen LogP contribution in [0.1, 0.15) is 23.3 Å². The minimum atomic E-state index is -0.870. The minimum Gasteiger partial charge on any atom is -0.504 e. The lowest BCUT2D eigenvalue weighted by Gasteiger charge is -2.31. The summed E-state index contributed by atoms with van der Waals surface area (Å²) in [5.74, 6) is -2.07. The smallest absolute Gasteiger partial charge is 0.308 e. The molecule has 1 aromatic heterocycles. The van der Waals surface area contributed by atoms with Crippen LogP contribution in [0.5, 0.6) is 17.2 Å². The van der Waals surface area contributed by atoms with E-state index in [-0.39, 0.29) is 18.0 Å². The average Bonchev–Trinajstić information content (AvgIpc) is 3.45. The Hall–Kier alpha value is -4.26. The number of nitrogens with one attached hydrogen (secondary N) is 1. The van der Waals surface area contributed by atoms with Gasteiger partial charge in [0.25, 0.3) is 0 Å². The Morgan fingerprint density at radius 2 is 1.75 bits per heavy atom. The largest absolute Gasteiger partial charge is 0.504 e. The van der Waals surface area contributed by atoms with Gasteiger partial charge in [-0.05, 0) is 73.2 Å². The van der Waals surface area contributed by atoms with E-state index in [1.54, 1.807) is 74.7 Å². The number of halogens is 1. The molecule has 4 aromatic rings. The van der Waals surface area contributed by atoms with Crippen LogP contribution < -0.4 is 24.6 Å². The van der Waals surface area contributed by atoms with Gasteiger partial charge in [-0.25, -0.2) is 4.90 Å². The van der Waals surface area contributed by atoms with Gasteiger partial charge in [-0.3, -0.25) is 23.7 Å². The van der Waals surface area contributed by atoms with Gasteiger partial charge >= 0.3 is 4.87 Å². The van der Waals surface area contributed by atoms with Crippen LogP contribution in [0.25, 0.3) is 0 Å². The van der Waals surface area contributed by atoms with Crippen molar-refractivity contribution in [3.8, 4) is 17.2 Å². The fourth-order valence-corrected chi connectivity index (χ4v) is 8.37. The number of thiazole rings is 1. The summed E-state index contributed by atoms with van der Waals surface area (Å²) in [7, 11) is 1.54. The molecule has 0 saturated carbocycles. The number of hydrogen-bond donors (Lipinski definition) is 2. The molecule has 0 spiro atoms. The number of phenols is 1. The van der Waals surface area contributed by atoms with E-state index in [1.807, 2.05) is 0 Å². The van der Waals surface area contributed by atoms with E-state index >= 15 is 0 Å². The van der Waals surface area contributed by atoms with Crippen molar-refractivity contribution in [2.75, 3.05) is 23.9 Å². The number of ether oxygens (including phenoxy) is 2. The van der Waals surface area contributed by atoms with E-state index in [2.05, 4.69) is 5.32 Å². The molecular formula is C31H26ClN3O7S2. The number of benzene rings is 3. The number of phenolic OH excluding ortho intramolecular Hbond substituents is 1. The van der Waals surface area contributed by atoms with Crippen molar-refractivity contribution in [1.82, 2.24) is 4.57 Å². The lowest BCUT2D eigenvalue weighted by molar-refractivity contribution is -0.122. The number of fused-ring (bicyclic) bond motifs is 2. The summed E-state index contributed by atoms with van der Waals surface area (Å²) in [5, 5.41) is 13.2. The zero-order valence-electron chi connectivity index (χ0n) is 23.5. The number of hydrogen-bond acceptors (Lipinski definition) is 9. The van der Waals surface area contributed by atoms with Crippen molar-refractivity contribution in [3.05, 3.63) is 91.9 Å². The summed E-state index contributed by atoms with van der Waals surface area (Å²) in [4.78, 5) is 55.8. The fourth-order valence-electron chi connectivity index (χ4n) is 5.47. The molecule has 2 aliphatic rings. The van der Waals surface area contributed by atoms with Crippen molar-refractivity contribution in [1.29, 1.82) is 0 Å². The van der Waals surface area contributed by atoms with Gasteiger partial charge in [-0.15, -0.1) is 0 Å². The summed E-state index contributed by atoms with van der Waals surface area (Å²) in [6, 6.07) is 18.0. The topological polar surface area (TPSA) is 127 Å². The molecule has 3 unspecified atom stereocenters. The van der Waals surface area contributed by atoms with Crippen LogP contribution in [0.3, 0.4) is 0 Å². The quantitative estimate of drug-likeness (QED) is 0.252. The number of nitrogens with zero attached hydrogens (tertiary/aromatic N) is 2. The molecule has 2 aliphatic heterocycles. The van der Waals surface area contributed by atoms with Gasteiger partial charge in [0.15, 0.2) is 11.5 Å². The predicted molar refractivity (Wildman–Crippen MR) is 168 cm³/mol. The van der Waals surface area contributed by atoms with Gasteiger partial charge in [-0.1, -0.05) is 40.8 Å². The number of methoxy groups -OCH3 is 1. The summed E-state index contributed by atoms with van der Waals surface area (Å²) in [6.45, 7) is 1.78. The molecule has 226 valence electrons. The molecule has 44 heavy (non-hydrogen) atoms. The molecule has 0 radical (unpaired) electrons. The van der Waals surface area contributed by atoms with Gasteiger partial charge < -0.3 is 19.9 Å². The first-order chi connectivity index (χ1) is 21.2. The first-order valence-electron chi connectivity index (χ1n) is 13.6. The van der Waals surface area contributed by atoms with Crippen LogP contribution in [-0.2, 0) is 20.9 Å². The molecule has 0 aliphatic carbocycles. The monoisotopic (exact) mass is 651 g/mol. The fraction of sp³-hybridized carbons (Fsp3) is 0.226. The van der Waals surface area contributed by atoms with E-state index in [0.717, 1.165) is 28.0 Å². The summed E-state index contributed by atoms with van der Waals surface area (Å²) in [5.41, 5.74) is 1.51. The Morgan fingerprint density at radius 1 is 1.02 bits per heavy atom. The molecule has 3 aromatic carbocycles. The lowest BCUT2D eigenvalue weighted by Crippen LogP contribution is -2.33.